The molecule has 0 aromatic heterocycles. The van der Waals surface area contributed by atoms with Crippen molar-refractivity contribution < 1.29 is 21.6 Å². The van der Waals surface area contributed by atoms with Gasteiger partial charge in [-0.1, -0.05) is 37.0 Å². The Balaban J connectivity index is 1.48. The molecule has 3 rings (SSSR count). The van der Waals surface area contributed by atoms with Crippen LogP contribution >= 0.6 is 0 Å². The predicted octanol–water partition coefficient (Wildman–Crippen LogP) is 3.92. The van der Waals surface area contributed by atoms with E-state index in [9.17, 15) is 16.8 Å². The fourth-order valence-electron chi connectivity index (χ4n) is 4.69. The molecular weight excluding hydrogens is 510 g/mol. The number of nitrogens with one attached hydrogen (secondary N) is 2. The van der Waals surface area contributed by atoms with Crippen LogP contribution in [-0.2, 0) is 20.0 Å². The molecule has 37 heavy (non-hydrogen) atoms. The number of aryl methyl sites for hydroxylation is 1. The maximum Gasteiger partial charge on any atom is 0.240 e. The molecule has 0 aliphatic heterocycles. The van der Waals surface area contributed by atoms with Crippen molar-refractivity contribution in [2.75, 3.05) is 39.8 Å². The normalized spacial score (nSPS) is 15.2. The van der Waals surface area contributed by atoms with Crippen LogP contribution in [0.4, 0.5) is 0 Å². The zero-order valence-corrected chi connectivity index (χ0v) is 23.6. The summed E-state index contributed by atoms with van der Waals surface area (Å²) >= 11 is 0. The molecule has 2 aromatic carbocycles. The first-order valence-electron chi connectivity index (χ1n) is 13.1. The summed E-state index contributed by atoms with van der Waals surface area (Å²) in [6.45, 7) is 5.12. The van der Waals surface area contributed by atoms with Crippen molar-refractivity contribution >= 4 is 20.0 Å². The molecular formula is C27H41N3O5S2. The van der Waals surface area contributed by atoms with Gasteiger partial charge < -0.3 is 9.64 Å². The van der Waals surface area contributed by atoms with Crippen LogP contribution in [0.25, 0.3) is 0 Å². The Morgan fingerprint density at radius 1 is 0.784 bits per heavy atom. The number of ether oxygens (including phenoxy) is 1. The Labute approximate surface area is 222 Å². The van der Waals surface area contributed by atoms with Gasteiger partial charge in [-0.05, 0) is 88.0 Å². The molecule has 1 fully saturated rings. The van der Waals surface area contributed by atoms with Gasteiger partial charge in [-0.3, -0.25) is 0 Å². The van der Waals surface area contributed by atoms with Crippen molar-refractivity contribution in [2.45, 2.75) is 61.7 Å². The van der Waals surface area contributed by atoms with Crippen LogP contribution < -0.4 is 14.2 Å². The molecule has 1 aliphatic carbocycles. The molecule has 0 bridgehead atoms. The minimum atomic E-state index is -3.58. The second kappa shape index (κ2) is 14.2. The summed E-state index contributed by atoms with van der Waals surface area (Å²) in [7, 11) is -5.56. The van der Waals surface area contributed by atoms with Gasteiger partial charge in [0.1, 0.15) is 5.75 Å². The van der Waals surface area contributed by atoms with E-state index >= 15 is 0 Å². The van der Waals surface area contributed by atoms with E-state index in [1.807, 2.05) is 6.92 Å². The SMILES string of the molecule is COc1ccc(S(=O)(=O)NCCCN(CCCNS(=O)(=O)c2ccc(C)cc2)CC2CCCCC2)cc1. The maximum atomic E-state index is 12.6. The van der Waals surface area contributed by atoms with Gasteiger partial charge in [0.2, 0.25) is 20.0 Å². The Morgan fingerprint density at radius 2 is 1.27 bits per heavy atom. The highest BCUT2D eigenvalue weighted by Crippen LogP contribution is 2.24. The van der Waals surface area contributed by atoms with Gasteiger partial charge >= 0.3 is 0 Å². The zero-order chi connectivity index (χ0) is 26.7. The minimum Gasteiger partial charge on any atom is -0.497 e. The van der Waals surface area contributed by atoms with E-state index in [0.29, 0.717) is 37.6 Å². The van der Waals surface area contributed by atoms with Crippen LogP contribution in [0.15, 0.2) is 58.3 Å². The summed E-state index contributed by atoms with van der Waals surface area (Å²) in [5.41, 5.74) is 1.02. The highest BCUT2D eigenvalue weighted by molar-refractivity contribution is 7.89. The molecule has 0 amide bonds. The smallest absolute Gasteiger partial charge is 0.240 e. The fraction of sp³-hybridized carbons (Fsp3) is 0.556. The van der Waals surface area contributed by atoms with Crippen LogP contribution in [0.1, 0.15) is 50.5 Å². The van der Waals surface area contributed by atoms with Crippen molar-refractivity contribution in [3.63, 3.8) is 0 Å². The third kappa shape index (κ3) is 9.68. The number of sulfonamides is 2. The predicted molar refractivity (Wildman–Crippen MR) is 147 cm³/mol. The lowest BCUT2D eigenvalue weighted by atomic mass is 9.89. The first-order valence-corrected chi connectivity index (χ1v) is 16.1. The molecule has 8 nitrogen and oxygen atoms in total. The second-order valence-corrected chi connectivity index (χ2v) is 13.3. The van der Waals surface area contributed by atoms with E-state index in [0.717, 1.165) is 25.2 Å². The third-order valence-corrected chi connectivity index (χ3v) is 9.78. The van der Waals surface area contributed by atoms with Gasteiger partial charge in [0.05, 0.1) is 16.9 Å². The molecule has 1 aliphatic rings. The highest BCUT2D eigenvalue weighted by atomic mass is 32.2. The first kappa shape index (κ1) is 29.6. The van der Waals surface area contributed by atoms with Gasteiger partial charge in [-0.2, -0.15) is 0 Å². The molecule has 2 aromatic rings. The van der Waals surface area contributed by atoms with E-state index in [1.54, 1.807) is 43.5 Å². The largest absolute Gasteiger partial charge is 0.497 e. The van der Waals surface area contributed by atoms with Gasteiger partial charge in [0, 0.05) is 19.6 Å². The maximum absolute atomic E-state index is 12.6. The fourth-order valence-corrected chi connectivity index (χ4v) is 6.83. The van der Waals surface area contributed by atoms with Gasteiger partial charge in [0.15, 0.2) is 0 Å². The average Bonchev–Trinajstić information content (AvgIpc) is 2.89. The third-order valence-electron chi connectivity index (χ3n) is 6.83. The first-order chi connectivity index (χ1) is 17.7. The summed E-state index contributed by atoms with van der Waals surface area (Å²) in [6, 6.07) is 13.2. The van der Waals surface area contributed by atoms with E-state index < -0.39 is 20.0 Å². The van der Waals surface area contributed by atoms with Crippen LogP contribution in [0.3, 0.4) is 0 Å². The summed E-state index contributed by atoms with van der Waals surface area (Å²) in [6.07, 6.45) is 7.63. The molecule has 0 unspecified atom stereocenters. The Kier molecular flexibility index (Phi) is 11.4. The van der Waals surface area contributed by atoms with Gasteiger partial charge in [-0.25, -0.2) is 26.3 Å². The van der Waals surface area contributed by atoms with Crippen molar-refractivity contribution in [3.8, 4) is 5.75 Å². The second-order valence-electron chi connectivity index (χ2n) is 9.80. The van der Waals surface area contributed by atoms with E-state index in [2.05, 4.69) is 14.3 Å². The van der Waals surface area contributed by atoms with Crippen molar-refractivity contribution in [3.05, 3.63) is 54.1 Å². The van der Waals surface area contributed by atoms with E-state index in [1.165, 1.54) is 44.2 Å². The van der Waals surface area contributed by atoms with Crippen molar-refractivity contribution in [1.29, 1.82) is 0 Å². The number of benzene rings is 2. The summed E-state index contributed by atoms with van der Waals surface area (Å²) < 4.78 is 60.8. The molecule has 10 heteroatoms. The molecule has 0 spiro atoms. The lowest BCUT2D eigenvalue weighted by Crippen LogP contribution is -2.36. The molecule has 0 heterocycles. The standard InChI is InChI=1S/C27H41N3O5S2/c1-23-10-14-26(15-11-23)36(31,32)28-18-6-20-30(22-24-8-4-3-5-9-24)21-7-19-29-37(33,34)27-16-12-25(35-2)13-17-27/h10-17,24,28-29H,3-9,18-22H2,1-2H3. The quantitative estimate of drug-likeness (QED) is 0.325. The molecule has 2 N–H and O–H groups in total. The number of hydrogen-bond acceptors (Lipinski definition) is 6. The van der Waals surface area contributed by atoms with E-state index in [4.69, 9.17) is 4.74 Å². The monoisotopic (exact) mass is 551 g/mol. The lowest BCUT2D eigenvalue weighted by molar-refractivity contribution is 0.197. The molecule has 0 saturated heterocycles. The van der Waals surface area contributed by atoms with Crippen LogP contribution in [0.2, 0.25) is 0 Å². The zero-order valence-electron chi connectivity index (χ0n) is 22.0. The molecule has 206 valence electrons. The van der Waals surface area contributed by atoms with Crippen LogP contribution in [0, 0.1) is 12.8 Å². The Morgan fingerprint density at radius 3 is 1.76 bits per heavy atom. The summed E-state index contributed by atoms with van der Waals surface area (Å²) in [5.74, 6) is 1.26. The Hall–Kier alpha value is -1.98. The Bertz CT molecular complexity index is 1160. The number of methoxy groups -OCH3 is 1. The highest BCUT2D eigenvalue weighted by Gasteiger charge is 2.19. The number of hydrogen-bond donors (Lipinski definition) is 2. The number of rotatable bonds is 15. The van der Waals surface area contributed by atoms with Crippen LogP contribution in [-0.4, -0.2) is 61.6 Å². The average molecular weight is 552 g/mol. The van der Waals surface area contributed by atoms with E-state index in [-0.39, 0.29) is 9.79 Å². The minimum absolute atomic E-state index is 0.216. The number of nitrogens with zero attached hydrogens (tertiary/aromatic N) is 1. The topological polar surface area (TPSA) is 105 Å². The van der Waals surface area contributed by atoms with Crippen molar-refractivity contribution in [2.24, 2.45) is 5.92 Å². The van der Waals surface area contributed by atoms with Crippen molar-refractivity contribution in [1.82, 2.24) is 14.3 Å². The van der Waals surface area contributed by atoms with Gasteiger partial charge in [0.25, 0.3) is 0 Å². The van der Waals surface area contributed by atoms with Gasteiger partial charge in [-0.15, -0.1) is 0 Å². The molecule has 0 radical (unpaired) electrons. The summed E-state index contributed by atoms with van der Waals surface area (Å²) in [5, 5.41) is 0. The summed E-state index contributed by atoms with van der Waals surface area (Å²) in [4.78, 5) is 2.85. The lowest BCUT2D eigenvalue weighted by Gasteiger charge is -2.30. The molecule has 0 atom stereocenters. The van der Waals surface area contributed by atoms with Crippen LogP contribution in [0.5, 0.6) is 5.75 Å². The molecule has 1 saturated carbocycles.